The van der Waals surface area contributed by atoms with Gasteiger partial charge in [-0.25, -0.2) is 0 Å². The summed E-state index contributed by atoms with van der Waals surface area (Å²) in [6.07, 6.45) is 4.89. The Kier molecular flexibility index (Phi) is 5.48. The number of methoxy groups -OCH3 is 1. The summed E-state index contributed by atoms with van der Waals surface area (Å²) in [5.74, 6) is 1.63. The molecule has 4 nitrogen and oxygen atoms in total. The minimum absolute atomic E-state index is 0.433. The van der Waals surface area contributed by atoms with Crippen molar-refractivity contribution in [1.29, 1.82) is 0 Å². The Balaban J connectivity index is 1.80. The first-order valence-corrected chi connectivity index (χ1v) is 6.95. The van der Waals surface area contributed by atoms with Crippen molar-refractivity contribution in [3.8, 4) is 11.5 Å². The van der Waals surface area contributed by atoms with Crippen LogP contribution < -0.4 is 15.2 Å². The first-order chi connectivity index (χ1) is 9.33. The standard InChI is InChI=1S/C15H23NO3/c1-17-14-7-6-12(11-16)15(10-14)19-9-3-5-13-4-2-8-18-13/h6-7,10,13H,2-5,8-9,11,16H2,1H3. The molecule has 1 aromatic rings. The van der Waals surface area contributed by atoms with Crippen LogP contribution in [0.25, 0.3) is 0 Å². The summed E-state index contributed by atoms with van der Waals surface area (Å²) < 4.78 is 16.6. The molecule has 0 saturated carbocycles. The van der Waals surface area contributed by atoms with Crippen molar-refractivity contribution in [2.75, 3.05) is 20.3 Å². The summed E-state index contributed by atoms with van der Waals surface area (Å²) in [6.45, 7) is 2.09. The van der Waals surface area contributed by atoms with E-state index in [1.54, 1.807) is 7.11 Å². The second kappa shape index (κ2) is 7.36. The number of hydrogen-bond acceptors (Lipinski definition) is 4. The lowest BCUT2D eigenvalue weighted by molar-refractivity contribution is 0.0981. The average molecular weight is 265 g/mol. The van der Waals surface area contributed by atoms with E-state index in [9.17, 15) is 0 Å². The van der Waals surface area contributed by atoms with Gasteiger partial charge in [0.05, 0.1) is 19.8 Å². The van der Waals surface area contributed by atoms with E-state index in [2.05, 4.69) is 0 Å². The SMILES string of the molecule is COc1ccc(CN)c(OCCCC2CCCO2)c1. The van der Waals surface area contributed by atoms with E-state index in [0.717, 1.165) is 36.5 Å². The molecule has 2 rings (SSSR count). The van der Waals surface area contributed by atoms with Gasteiger partial charge < -0.3 is 19.9 Å². The Bertz CT molecular complexity index is 389. The molecular weight excluding hydrogens is 242 g/mol. The maximum absolute atomic E-state index is 5.81. The lowest BCUT2D eigenvalue weighted by atomic mass is 10.1. The molecule has 1 heterocycles. The highest BCUT2D eigenvalue weighted by atomic mass is 16.5. The quantitative estimate of drug-likeness (QED) is 0.770. The van der Waals surface area contributed by atoms with Crippen LogP contribution in [0.5, 0.6) is 11.5 Å². The van der Waals surface area contributed by atoms with Gasteiger partial charge in [0.25, 0.3) is 0 Å². The van der Waals surface area contributed by atoms with Gasteiger partial charge in [-0.3, -0.25) is 0 Å². The lowest BCUT2D eigenvalue weighted by Crippen LogP contribution is -2.09. The van der Waals surface area contributed by atoms with Gasteiger partial charge in [0.15, 0.2) is 0 Å². The second-order valence-electron chi connectivity index (χ2n) is 4.80. The molecular formula is C15H23NO3. The van der Waals surface area contributed by atoms with Gasteiger partial charge in [-0.2, -0.15) is 0 Å². The van der Waals surface area contributed by atoms with Gasteiger partial charge >= 0.3 is 0 Å². The first kappa shape index (κ1) is 14.2. The third-order valence-corrected chi connectivity index (χ3v) is 3.45. The molecule has 2 N–H and O–H groups in total. The highest BCUT2D eigenvalue weighted by Gasteiger charge is 2.14. The summed E-state index contributed by atoms with van der Waals surface area (Å²) in [5.41, 5.74) is 6.72. The third-order valence-electron chi connectivity index (χ3n) is 3.45. The highest BCUT2D eigenvalue weighted by molar-refractivity contribution is 5.40. The molecule has 0 aromatic heterocycles. The van der Waals surface area contributed by atoms with Gasteiger partial charge in [-0.05, 0) is 31.7 Å². The van der Waals surface area contributed by atoms with Crippen molar-refractivity contribution in [3.05, 3.63) is 23.8 Å². The number of ether oxygens (including phenoxy) is 3. The summed E-state index contributed by atoms with van der Waals surface area (Å²) >= 11 is 0. The second-order valence-corrected chi connectivity index (χ2v) is 4.80. The minimum atomic E-state index is 0.433. The predicted molar refractivity (Wildman–Crippen MR) is 74.6 cm³/mol. The Morgan fingerprint density at radius 1 is 1.42 bits per heavy atom. The minimum Gasteiger partial charge on any atom is -0.497 e. The Morgan fingerprint density at radius 3 is 3.00 bits per heavy atom. The summed E-state index contributed by atoms with van der Waals surface area (Å²) in [6, 6.07) is 5.75. The molecule has 1 aliphatic rings. The largest absolute Gasteiger partial charge is 0.497 e. The van der Waals surface area contributed by atoms with Crippen molar-refractivity contribution in [1.82, 2.24) is 0 Å². The molecule has 1 aromatic carbocycles. The maximum Gasteiger partial charge on any atom is 0.127 e. The van der Waals surface area contributed by atoms with Crippen molar-refractivity contribution < 1.29 is 14.2 Å². The van der Waals surface area contributed by atoms with E-state index < -0.39 is 0 Å². The molecule has 1 atom stereocenters. The van der Waals surface area contributed by atoms with Crippen molar-refractivity contribution >= 4 is 0 Å². The Morgan fingerprint density at radius 2 is 2.32 bits per heavy atom. The number of nitrogens with two attached hydrogens (primary N) is 1. The van der Waals surface area contributed by atoms with Crippen LogP contribution in [0, 0.1) is 0 Å². The smallest absolute Gasteiger partial charge is 0.127 e. The molecule has 1 aliphatic heterocycles. The van der Waals surface area contributed by atoms with Gasteiger partial charge in [-0.15, -0.1) is 0 Å². The highest BCUT2D eigenvalue weighted by Crippen LogP contribution is 2.25. The molecule has 1 unspecified atom stereocenters. The lowest BCUT2D eigenvalue weighted by Gasteiger charge is -2.13. The molecule has 4 heteroatoms. The fourth-order valence-electron chi connectivity index (χ4n) is 2.33. The van der Waals surface area contributed by atoms with E-state index in [0.29, 0.717) is 19.3 Å². The van der Waals surface area contributed by atoms with E-state index in [4.69, 9.17) is 19.9 Å². The molecule has 106 valence electrons. The zero-order chi connectivity index (χ0) is 13.5. The van der Waals surface area contributed by atoms with Crippen LogP contribution in [0.2, 0.25) is 0 Å². The predicted octanol–water partition coefficient (Wildman–Crippen LogP) is 2.49. The molecule has 1 fully saturated rings. The van der Waals surface area contributed by atoms with E-state index in [-0.39, 0.29) is 0 Å². The van der Waals surface area contributed by atoms with Gasteiger partial charge in [0.2, 0.25) is 0 Å². The van der Waals surface area contributed by atoms with Crippen LogP contribution in [0.15, 0.2) is 18.2 Å². The summed E-state index contributed by atoms with van der Waals surface area (Å²) in [4.78, 5) is 0. The van der Waals surface area contributed by atoms with Crippen LogP contribution in [0.3, 0.4) is 0 Å². The van der Waals surface area contributed by atoms with Crippen LogP contribution in [0.4, 0.5) is 0 Å². The third kappa shape index (κ3) is 4.11. The summed E-state index contributed by atoms with van der Waals surface area (Å²) in [7, 11) is 1.65. The zero-order valence-electron chi connectivity index (χ0n) is 11.6. The van der Waals surface area contributed by atoms with Crippen molar-refractivity contribution in [3.63, 3.8) is 0 Å². The van der Waals surface area contributed by atoms with Crippen LogP contribution >= 0.6 is 0 Å². The van der Waals surface area contributed by atoms with Crippen LogP contribution in [0.1, 0.15) is 31.2 Å². The molecule has 0 bridgehead atoms. The van der Waals surface area contributed by atoms with E-state index >= 15 is 0 Å². The zero-order valence-corrected chi connectivity index (χ0v) is 11.6. The molecule has 0 spiro atoms. The van der Waals surface area contributed by atoms with Crippen LogP contribution in [-0.4, -0.2) is 26.4 Å². The molecule has 0 radical (unpaired) electrons. The topological polar surface area (TPSA) is 53.7 Å². The van der Waals surface area contributed by atoms with E-state index in [1.165, 1.54) is 12.8 Å². The molecule has 0 amide bonds. The van der Waals surface area contributed by atoms with Gasteiger partial charge in [0, 0.05) is 24.8 Å². The fourth-order valence-corrected chi connectivity index (χ4v) is 2.33. The Labute approximate surface area is 114 Å². The Hall–Kier alpha value is -1.26. The molecule has 19 heavy (non-hydrogen) atoms. The normalized spacial score (nSPS) is 18.5. The average Bonchev–Trinajstić information content (AvgIpc) is 2.96. The number of hydrogen-bond donors (Lipinski definition) is 1. The van der Waals surface area contributed by atoms with Crippen molar-refractivity contribution in [2.24, 2.45) is 5.73 Å². The van der Waals surface area contributed by atoms with E-state index in [1.807, 2.05) is 18.2 Å². The van der Waals surface area contributed by atoms with Gasteiger partial charge in [0.1, 0.15) is 11.5 Å². The molecule has 0 aliphatic carbocycles. The maximum atomic E-state index is 5.81. The monoisotopic (exact) mass is 265 g/mol. The van der Waals surface area contributed by atoms with Crippen LogP contribution in [-0.2, 0) is 11.3 Å². The molecule has 1 saturated heterocycles. The number of benzene rings is 1. The number of rotatable bonds is 7. The summed E-state index contributed by atoms with van der Waals surface area (Å²) in [5, 5.41) is 0. The van der Waals surface area contributed by atoms with Crippen molar-refractivity contribution in [2.45, 2.75) is 38.3 Å². The fraction of sp³-hybridized carbons (Fsp3) is 0.600. The van der Waals surface area contributed by atoms with Gasteiger partial charge in [-0.1, -0.05) is 6.07 Å². The first-order valence-electron chi connectivity index (χ1n) is 6.95.